The highest BCUT2D eigenvalue weighted by Crippen LogP contribution is 2.18. The molecule has 11 heavy (non-hydrogen) atoms. The number of rotatable bonds is 0. The predicted molar refractivity (Wildman–Crippen MR) is 38.5 cm³/mol. The molecular weight excluding hydrogens is 144 g/mol. The van der Waals surface area contributed by atoms with Crippen molar-refractivity contribution in [1.82, 2.24) is 0 Å². The van der Waals surface area contributed by atoms with E-state index in [2.05, 4.69) is 4.42 Å². The Balaban J connectivity index is 2.63. The van der Waals surface area contributed by atoms with Crippen LogP contribution in [0, 0.1) is 0 Å². The molecule has 1 aromatic rings. The van der Waals surface area contributed by atoms with Gasteiger partial charge in [0.1, 0.15) is 5.75 Å². The zero-order chi connectivity index (χ0) is 7.68. The van der Waals surface area contributed by atoms with Crippen molar-refractivity contribution in [2.24, 2.45) is 0 Å². The van der Waals surface area contributed by atoms with Crippen LogP contribution in [0.4, 0.5) is 0 Å². The molecule has 0 radical (unpaired) electrons. The molecule has 0 unspecified atom stereocenters. The predicted octanol–water partition coefficient (Wildman–Crippen LogP) is 1.09. The van der Waals surface area contributed by atoms with E-state index in [1.54, 1.807) is 18.4 Å². The molecule has 0 aromatic carbocycles. The molecule has 2 heterocycles. The lowest BCUT2D eigenvalue weighted by molar-refractivity contribution is 0.432. The quantitative estimate of drug-likeness (QED) is 0.555. The van der Waals surface area contributed by atoms with Crippen LogP contribution in [-0.2, 0) is 6.42 Å². The summed E-state index contributed by atoms with van der Waals surface area (Å²) in [6.45, 7) is 0. The van der Waals surface area contributed by atoms with Gasteiger partial charge < -0.3 is 9.15 Å². The van der Waals surface area contributed by atoms with Crippen molar-refractivity contribution in [3.8, 4) is 5.75 Å². The lowest BCUT2D eigenvalue weighted by atomic mass is 10.2. The maximum Gasteiger partial charge on any atom is 0.342 e. The third kappa shape index (κ3) is 0.941. The van der Waals surface area contributed by atoms with Gasteiger partial charge in [-0.15, -0.1) is 0 Å². The Kier molecular flexibility index (Phi) is 1.28. The zero-order valence-electron chi connectivity index (χ0n) is 5.74. The van der Waals surface area contributed by atoms with Crippen molar-refractivity contribution in [3.63, 3.8) is 0 Å². The molecule has 3 heteroatoms. The van der Waals surface area contributed by atoms with Crippen LogP contribution in [0.5, 0.6) is 5.75 Å². The molecule has 0 atom stereocenters. The van der Waals surface area contributed by atoms with Crippen LogP contribution in [0.2, 0.25) is 0 Å². The lowest BCUT2D eigenvalue weighted by Crippen LogP contribution is -2.10. The fraction of sp³-hybridized carbons (Fsp3) is 0.125. The smallest absolute Gasteiger partial charge is 0.342 e. The maximum absolute atomic E-state index is 11.0. The zero-order valence-corrected chi connectivity index (χ0v) is 5.74. The summed E-state index contributed by atoms with van der Waals surface area (Å²) in [5.74, 6) is 0.601. The molecule has 0 aliphatic carbocycles. The van der Waals surface area contributed by atoms with E-state index in [-0.39, 0.29) is 5.63 Å². The second-order valence-corrected chi connectivity index (χ2v) is 2.24. The molecular formula is C8H6O3. The van der Waals surface area contributed by atoms with Gasteiger partial charge in [-0.1, -0.05) is 0 Å². The largest absolute Gasteiger partial charge is 0.465 e. The Morgan fingerprint density at radius 2 is 2.36 bits per heavy atom. The Bertz CT molecular complexity index is 349. The standard InChI is InChI=1S/C8H6O3/c9-8-6-2-1-4-10-7(6)3-5-11-8/h1,3-5H,2H2. The van der Waals surface area contributed by atoms with Crippen molar-refractivity contribution < 1.29 is 9.15 Å². The lowest BCUT2D eigenvalue weighted by Gasteiger charge is -2.07. The Labute approximate surface area is 62.9 Å². The van der Waals surface area contributed by atoms with Gasteiger partial charge in [-0.3, -0.25) is 0 Å². The van der Waals surface area contributed by atoms with Crippen molar-refractivity contribution in [1.29, 1.82) is 0 Å². The molecule has 1 aliphatic heterocycles. The van der Waals surface area contributed by atoms with Crippen molar-refractivity contribution in [2.75, 3.05) is 0 Å². The maximum atomic E-state index is 11.0. The molecule has 0 fully saturated rings. The van der Waals surface area contributed by atoms with Gasteiger partial charge >= 0.3 is 5.63 Å². The van der Waals surface area contributed by atoms with E-state index in [1.165, 1.54) is 6.26 Å². The highest BCUT2D eigenvalue weighted by molar-refractivity contribution is 5.33. The number of hydrogen-bond acceptors (Lipinski definition) is 3. The minimum Gasteiger partial charge on any atom is -0.465 e. The first-order valence-corrected chi connectivity index (χ1v) is 3.30. The van der Waals surface area contributed by atoms with Gasteiger partial charge in [-0.2, -0.15) is 0 Å². The molecule has 56 valence electrons. The van der Waals surface area contributed by atoms with Crippen LogP contribution in [0.15, 0.2) is 33.9 Å². The van der Waals surface area contributed by atoms with Crippen molar-refractivity contribution >= 4 is 0 Å². The molecule has 1 aliphatic rings. The minimum absolute atomic E-state index is 0.313. The van der Waals surface area contributed by atoms with Gasteiger partial charge in [0.05, 0.1) is 18.1 Å². The third-order valence-electron chi connectivity index (χ3n) is 1.55. The highest BCUT2D eigenvalue weighted by Gasteiger charge is 2.10. The Morgan fingerprint density at radius 1 is 1.45 bits per heavy atom. The molecule has 0 amide bonds. The van der Waals surface area contributed by atoms with E-state index < -0.39 is 0 Å². The van der Waals surface area contributed by atoms with Crippen molar-refractivity contribution in [3.05, 3.63) is 40.7 Å². The molecule has 0 bridgehead atoms. The second kappa shape index (κ2) is 2.27. The average molecular weight is 150 g/mol. The first kappa shape index (κ1) is 6.22. The molecule has 3 nitrogen and oxygen atoms in total. The van der Waals surface area contributed by atoms with Crippen LogP contribution in [-0.4, -0.2) is 0 Å². The topological polar surface area (TPSA) is 39.4 Å². The van der Waals surface area contributed by atoms with Gasteiger partial charge in [0, 0.05) is 12.5 Å². The summed E-state index contributed by atoms with van der Waals surface area (Å²) in [4.78, 5) is 11.0. The van der Waals surface area contributed by atoms with Gasteiger partial charge in [0.15, 0.2) is 0 Å². The molecule has 0 saturated heterocycles. The van der Waals surface area contributed by atoms with E-state index in [0.717, 1.165) is 0 Å². The summed E-state index contributed by atoms with van der Waals surface area (Å²) in [7, 11) is 0. The van der Waals surface area contributed by atoms with Crippen LogP contribution in [0.25, 0.3) is 0 Å². The van der Waals surface area contributed by atoms with Gasteiger partial charge in [0.25, 0.3) is 0 Å². The van der Waals surface area contributed by atoms with Crippen LogP contribution in [0.1, 0.15) is 5.56 Å². The first-order chi connectivity index (χ1) is 5.38. The molecule has 2 rings (SSSR count). The van der Waals surface area contributed by atoms with E-state index in [9.17, 15) is 4.79 Å². The van der Waals surface area contributed by atoms with Gasteiger partial charge in [0.2, 0.25) is 0 Å². The number of fused-ring (bicyclic) bond motifs is 1. The highest BCUT2D eigenvalue weighted by atomic mass is 16.5. The summed E-state index contributed by atoms with van der Waals surface area (Å²) < 4.78 is 9.72. The third-order valence-corrected chi connectivity index (χ3v) is 1.55. The van der Waals surface area contributed by atoms with Gasteiger partial charge in [-0.05, 0) is 6.08 Å². The minimum atomic E-state index is -0.313. The SMILES string of the molecule is O=c1occc2c1CC=CO2. The summed E-state index contributed by atoms with van der Waals surface area (Å²) in [6.07, 6.45) is 5.28. The van der Waals surface area contributed by atoms with E-state index in [4.69, 9.17) is 4.74 Å². The summed E-state index contributed by atoms with van der Waals surface area (Å²) in [5.41, 5.74) is 0.279. The number of hydrogen-bond donors (Lipinski definition) is 0. The summed E-state index contributed by atoms with van der Waals surface area (Å²) in [6, 6.07) is 1.64. The monoisotopic (exact) mass is 150 g/mol. The van der Waals surface area contributed by atoms with Crippen LogP contribution in [0.3, 0.4) is 0 Å². The number of allylic oxidation sites excluding steroid dienone is 1. The van der Waals surface area contributed by atoms with E-state index in [0.29, 0.717) is 17.7 Å². The van der Waals surface area contributed by atoms with E-state index >= 15 is 0 Å². The first-order valence-electron chi connectivity index (χ1n) is 3.30. The fourth-order valence-electron chi connectivity index (χ4n) is 1.01. The molecule has 1 aromatic heterocycles. The Morgan fingerprint density at radius 3 is 3.18 bits per heavy atom. The van der Waals surface area contributed by atoms with E-state index in [1.807, 2.05) is 0 Å². The molecule has 0 N–H and O–H groups in total. The van der Waals surface area contributed by atoms with Crippen LogP contribution >= 0.6 is 0 Å². The van der Waals surface area contributed by atoms with Crippen molar-refractivity contribution in [2.45, 2.75) is 6.42 Å². The second-order valence-electron chi connectivity index (χ2n) is 2.24. The number of ether oxygens (including phenoxy) is 1. The summed E-state index contributed by atoms with van der Waals surface area (Å²) >= 11 is 0. The molecule has 0 saturated carbocycles. The van der Waals surface area contributed by atoms with Crippen LogP contribution < -0.4 is 10.4 Å². The fourth-order valence-corrected chi connectivity index (χ4v) is 1.01. The Hall–Kier alpha value is -1.51. The normalized spacial score (nSPS) is 13.8. The summed E-state index contributed by atoms with van der Waals surface area (Å²) in [5, 5.41) is 0. The van der Waals surface area contributed by atoms with Gasteiger partial charge in [-0.25, -0.2) is 4.79 Å². The average Bonchev–Trinajstić information content (AvgIpc) is 2.06. The molecule has 0 spiro atoms.